The van der Waals surface area contributed by atoms with Crippen LogP contribution in [0.25, 0.3) is 0 Å². The van der Waals surface area contributed by atoms with Crippen LogP contribution in [-0.4, -0.2) is 18.0 Å². The molecule has 0 unspecified atom stereocenters. The number of aryl methyl sites for hydroxylation is 1. The molecule has 1 rings (SSSR count). The molecule has 13 heavy (non-hydrogen) atoms. The zero-order chi connectivity index (χ0) is 9.84. The minimum Gasteiger partial charge on any atom is -0.496 e. The van der Waals surface area contributed by atoms with Crippen LogP contribution in [0.2, 0.25) is 0 Å². The van der Waals surface area contributed by atoms with E-state index in [1.807, 2.05) is 25.1 Å². The maximum Gasteiger partial charge on any atom is 0.122 e. The smallest absolute Gasteiger partial charge is 0.122 e. The van der Waals surface area contributed by atoms with Crippen molar-refractivity contribution in [2.75, 3.05) is 7.11 Å². The van der Waals surface area contributed by atoms with Crippen LogP contribution in [0.15, 0.2) is 23.4 Å². The summed E-state index contributed by atoms with van der Waals surface area (Å²) in [5.41, 5.74) is 2.51. The number of ether oxygens (including phenoxy) is 1. The molecule has 0 atom stereocenters. The van der Waals surface area contributed by atoms with Gasteiger partial charge < -0.3 is 9.94 Å². The predicted octanol–water partition coefficient (Wildman–Crippen LogP) is 2.20. The maximum atomic E-state index is 8.57. The Bertz CT molecular complexity index is 332. The highest BCUT2D eigenvalue weighted by Crippen LogP contribution is 2.19. The largest absolute Gasteiger partial charge is 0.496 e. The van der Waals surface area contributed by atoms with Gasteiger partial charge in [0.2, 0.25) is 0 Å². The highest BCUT2D eigenvalue weighted by molar-refractivity contribution is 5.98. The number of benzene rings is 1. The fraction of sp³-hybridized carbons (Fsp3) is 0.300. The molecular weight excluding hydrogens is 166 g/mol. The van der Waals surface area contributed by atoms with Crippen LogP contribution in [0.4, 0.5) is 0 Å². The highest BCUT2D eigenvalue weighted by Gasteiger charge is 2.02. The molecular formula is C10H13NO2. The number of oxime groups is 1. The Morgan fingerprint density at radius 2 is 2.15 bits per heavy atom. The van der Waals surface area contributed by atoms with E-state index in [0.29, 0.717) is 5.71 Å². The first-order chi connectivity index (χ1) is 6.19. The molecule has 0 aliphatic heterocycles. The van der Waals surface area contributed by atoms with Gasteiger partial charge in [0.15, 0.2) is 0 Å². The normalized spacial score (nSPS) is 11.5. The van der Waals surface area contributed by atoms with Crippen LogP contribution in [0.5, 0.6) is 5.75 Å². The third kappa shape index (κ3) is 1.99. The molecule has 0 aromatic heterocycles. The Kier molecular flexibility index (Phi) is 2.90. The van der Waals surface area contributed by atoms with Crippen LogP contribution >= 0.6 is 0 Å². The van der Waals surface area contributed by atoms with Crippen molar-refractivity contribution in [1.82, 2.24) is 0 Å². The number of hydrogen-bond acceptors (Lipinski definition) is 3. The lowest BCUT2D eigenvalue weighted by atomic mass is 10.1. The predicted molar refractivity (Wildman–Crippen MR) is 51.7 cm³/mol. The molecule has 0 aliphatic rings. The van der Waals surface area contributed by atoms with Crippen LogP contribution in [0.3, 0.4) is 0 Å². The molecule has 70 valence electrons. The number of hydrogen-bond donors (Lipinski definition) is 1. The quantitative estimate of drug-likeness (QED) is 0.429. The van der Waals surface area contributed by atoms with Gasteiger partial charge in [-0.05, 0) is 25.5 Å². The summed E-state index contributed by atoms with van der Waals surface area (Å²) in [5.74, 6) is 0.806. The van der Waals surface area contributed by atoms with E-state index in [0.717, 1.165) is 16.9 Å². The fourth-order valence-electron chi connectivity index (χ4n) is 1.10. The van der Waals surface area contributed by atoms with E-state index in [-0.39, 0.29) is 0 Å². The minimum absolute atomic E-state index is 0.582. The van der Waals surface area contributed by atoms with Crippen molar-refractivity contribution >= 4 is 5.71 Å². The van der Waals surface area contributed by atoms with Crippen molar-refractivity contribution in [3.8, 4) is 5.75 Å². The summed E-state index contributed by atoms with van der Waals surface area (Å²) in [6.07, 6.45) is 0. The van der Waals surface area contributed by atoms with Crippen molar-refractivity contribution in [3.63, 3.8) is 0 Å². The molecule has 0 fully saturated rings. The Balaban J connectivity index is 3.13. The topological polar surface area (TPSA) is 41.8 Å². The van der Waals surface area contributed by atoms with Gasteiger partial charge in [-0.25, -0.2) is 0 Å². The van der Waals surface area contributed by atoms with E-state index in [9.17, 15) is 0 Å². The summed E-state index contributed by atoms with van der Waals surface area (Å²) in [6, 6.07) is 5.68. The lowest BCUT2D eigenvalue weighted by Crippen LogP contribution is -1.96. The molecule has 0 bridgehead atoms. The van der Waals surface area contributed by atoms with Gasteiger partial charge in [0, 0.05) is 5.56 Å². The van der Waals surface area contributed by atoms with Gasteiger partial charge in [0.05, 0.1) is 12.8 Å². The summed E-state index contributed by atoms with van der Waals surface area (Å²) < 4.78 is 5.14. The van der Waals surface area contributed by atoms with Crippen LogP contribution in [-0.2, 0) is 0 Å². The van der Waals surface area contributed by atoms with Gasteiger partial charge in [-0.3, -0.25) is 0 Å². The van der Waals surface area contributed by atoms with Crippen molar-refractivity contribution in [2.24, 2.45) is 5.16 Å². The average Bonchev–Trinajstić information content (AvgIpc) is 2.17. The van der Waals surface area contributed by atoms with Gasteiger partial charge in [-0.1, -0.05) is 17.3 Å². The summed E-state index contributed by atoms with van der Waals surface area (Å²) in [7, 11) is 1.62. The maximum absolute atomic E-state index is 8.57. The molecule has 1 aromatic carbocycles. The van der Waals surface area contributed by atoms with E-state index < -0.39 is 0 Å². The second-order valence-electron chi connectivity index (χ2n) is 2.87. The number of rotatable bonds is 2. The van der Waals surface area contributed by atoms with Crippen molar-refractivity contribution in [2.45, 2.75) is 13.8 Å². The van der Waals surface area contributed by atoms with Crippen LogP contribution in [0.1, 0.15) is 18.1 Å². The zero-order valence-electron chi connectivity index (χ0n) is 8.03. The Hall–Kier alpha value is -1.51. The monoisotopic (exact) mass is 179 g/mol. The molecule has 1 aromatic rings. The zero-order valence-corrected chi connectivity index (χ0v) is 8.03. The van der Waals surface area contributed by atoms with E-state index in [4.69, 9.17) is 9.94 Å². The SMILES string of the molecule is COc1cc(/C(C)=N/O)ccc1C. The van der Waals surface area contributed by atoms with E-state index in [2.05, 4.69) is 5.16 Å². The molecule has 0 saturated carbocycles. The van der Waals surface area contributed by atoms with Gasteiger partial charge in [-0.2, -0.15) is 0 Å². The van der Waals surface area contributed by atoms with Gasteiger partial charge in [0.1, 0.15) is 5.75 Å². The van der Waals surface area contributed by atoms with Gasteiger partial charge in [0.25, 0.3) is 0 Å². The first-order valence-corrected chi connectivity index (χ1v) is 4.02. The Morgan fingerprint density at radius 3 is 2.69 bits per heavy atom. The number of methoxy groups -OCH3 is 1. The van der Waals surface area contributed by atoms with Gasteiger partial charge in [-0.15, -0.1) is 0 Å². The minimum atomic E-state index is 0.582. The summed E-state index contributed by atoms with van der Waals surface area (Å²) in [5, 5.41) is 11.7. The third-order valence-electron chi connectivity index (χ3n) is 1.98. The van der Waals surface area contributed by atoms with Crippen LogP contribution < -0.4 is 4.74 Å². The second kappa shape index (κ2) is 3.94. The molecule has 3 heteroatoms. The molecule has 0 spiro atoms. The molecule has 0 saturated heterocycles. The summed E-state index contributed by atoms with van der Waals surface area (Å²) in [6.45, 7) is 3.71. The van der Waals surface area contributed by atoms with E-state index in [1.54, 1.807) is 14.0 Å². The van der Waals surface area contributed by atoms with Crippen molar-refractivity contribution in [1.29, 1.82) is 0 Å². The first-order valence-electron chi connectivity index (χ1n) is 4.02. The molecule has 1 N–H and O–H groups in total. The van der Waals surface area contributed by atoms with Crippen molar-refractivity contribution in [3.05, 3.63) is 29.3 Å². The first kappa shape index (κ1) is 9.58. The molecule has 0 amide bonds. The third-order valence-corrected chi connectivity index (χ3v) is 1.98. The summed E-state index contributed by atoms with van der Waals surface area (Å²) >= 11 is 0. The lowest BCUT2D eigenvalue weighted by Gasteiger charge is -2.06. The standard InChI is InChI=1S/C10H13NO2/c1-7-4-5-9(8(2)11-12)6-10(7)13-3/h4-6,12H,1-3H3/b11-8+. The molecule has 3 nitrogen and oxygen atoms in total. The Morgan fingerprint density at radius 1 is 1.46 bits per heavy atom. The summed E-state index contributed by atoms with van der Waals surface area (Å²) in [4.78, 5) is 0. The second-order valence-corrected chi connectivity index (χ2v) is 2.87. The van der Waals surface area contributed by atoms with E-state index >= 15 is 0 Å². The van der Waals surface area contributed by atoms with Gasteiger partial charge >= 0.3 is 0 Å². The average molecular weight is 179 g/mol. The number of nitrogens with zero attached hydrogens (tertiary/aromatic N) is 1. The Labute approximate surface area is 77.6 Å². The highest BCUT2D eigenvalue weighted by atomic mass is 16.5. The lowest BCUT2D eigenvalue weighted by molar-refractivity contribution is 0.319. The van der Waals surface area contributed by atoms with Crippen molar-refractivity contribution < 1.29 is 9.94 Å². The fourth-order valence-corrected chi connectivity index (χ4v) is 1.10. The molecule has 0 radical (unpaired) electrons. The molecule has 0 aliphatic carbocycles. The molecule has 0 heterocycles. The van der Waals surface area contributed by atoms with Crippen LogP contribution in [0, 0.1) is 6.92 Å². The van der Waals surface area contributed by atoms with E-state index in [1.165, 1.54) is 0 Å².